The molecular formula is C22H20N2O4. The number of rotatable bonds is 6. The summed E-state index contributed by atoms with van der Waals surface area (Å²) in [5.74, 6) is 2.24. The topological polar surface area (TPSA) is 62.7 Å². The highest BCUT2D eigenvalue weighted by Crippen LogP contribution is 2.34. The lowest BCUT2D eigenvalue weighted by Gasteiger charge is -2.19. The lowest BCUT2D eigenvalue weighted by atomic mass is 10.1. The van der Waals surface area contributed by atoms with Gasteiger partial charge in [-0.3, -0.25) is 0 Å². The third-order valence-electron chi connectivity index (χ3n) is 4.37. The van der Waals surface area contributed by atoms with Crippen molar-refractivity contribution in [1.82, 2.24) is 9.97 Å². The maximum absolute atomic E-state index is 5.93. The number of aromatic nitrogens is 2. The van der Waals surface area contributed by atoms with Gasteiger partial charge in [0.05, 0.1) is 26.1 Å². The zero-order valence-corrected chi connectivity index (χ0v) is 15.7. The largest absolute Gasteiger partial charge is 0.489 e. The monoisotopic (exact) mass is 376 g/mol. The summed E-state index contributed by atoms with van der Waals surface area (Å²) in [5, 5.41) is 0. The lowest BCUT2D eigenvalue weighted by molar-refractivity contribution is 0.301. The normalized spacial score (nSPS) is 12.4. The first-order chi connectivity index (χ1) is 13.8. The third-order valence-corrected chi connectivity index (χ3v) is 4.37. The predicted octanol–water partition coefficient (Wildman–Crippen LogP) is 4.01. The summed E-state index contributed by atoms with van der Waals surface area (Å²) in [6, 6.07) is 15.9. The molecule has 0 amide bonds. The van der Waals surface area contributed by atoms with Gasteiger partial charge in [-0.1, -0.05) is 30.3 Å². The minimum absolute atomic E-state index is 0.344. The second-order valence-electron chi connectivity index (χ2n) is 6.21. The van der Waals surface area contributed by atoms with Crippen LogP contribution in [-0.4, -0.2) is 30.8 Å². The molecule has 0 unspecified atom stereocenters. The van der Waals surface area contributed by atoms with E-state index in [9.17, 15) is 0 Å². The van der Waals surface area contributed by atoms with Crippen LogP contribution in [-0.2, 0) is 6.61 Å². The van der Waals surface area contributed by atoms with Gasteiger partial charge in [-0.2, -0.15) is 0 Å². The first kappa shape index (κ1) is 17.9. The van der Waals surface area contributed by atoms with Crippen molar-refractivity contribution in [3.05, 3.63) is 71.5 Å². The first-order valence-electron chi connectivity index (χ1n) is 8.86. The van der Waals surface area contributed by atoms with Crippen LogP contribution in [0.5, 0.6) is 23.3 Å². The highest BCUT2D eigenvalue weighted by Gasteiger charge is 2.17. The third kappa shape index (κ3) is 3.76. The van der Waals surface area contributed by atoms with Gasteiger partial charge in [0.15, 0.2) is 0 Å². The van der Waals surface area contributed by atoms with Crippen LogP contribution in [0.25, 0.3) is 11.6 Å². The van der Waals surface area contributed by atoms with Crippen LogP contribution < -0.4 is 18.9 Å². The van der Waals surface area contributed by atoms with Gasteiger partial charge in [0.1, 0.15) is 24.7 Å². The fraction of sp³-hybridized carbons (Fsp3) is 0.182. The van der Waals surface area contributed by atoms with Crippen LogP contribution >= 0.6 is 0 Å². The van der Waals surface area contributed by atoms with E-state index < -0.39 is 0 Å². The van der Waals surface area contributed by atoms with Crippen molar-refractivity contribution in [3.8, 4) is 23.3 Å². The molecule has 0 saturated carbocycles. The van der Waals surface area contributed by atoms with Crippen LogP contribution in [0.15, 0.2) is 54.7 Å². The van der Waals surface area contributed by atoms with Crippen molar-refractivity contribution in [2.45, 2.75) is 6.61 Å². The predicted molar refractivity (Wildman–Crippen MR) is 106 cm³/mol. The molecular weight excluding hydrogens is 356 g/mol. The Bertz CT molecular complexity index is 1000. The van der Waals surface area contributed by atoms with Gasteiger partial charge in [-0.05, 0) is 23.8 Å². The highest BCUT2D eigenvalue weighted by atomic mass is 16.5. The van der Waals surface area contributed by atoms with E-state index >= 15 is 0 Å². The van der Waals surface area contributed by atoms with Crippen molar-refractivity contribution in [2.24, 2.45) is 0 Å². The maximum Gasteiger partial charge on any atom is 0.278 e. The molecule has 3 aromatic rings. The molecule has 0 aliphatic carbocycles. The first-order valence-corrected chi connectivity index (χ1v) is 8.86. The van der Waals surface area contributed by atoms with Crippen LogP contribution in [0, 0.1) is 0 Å². The Kier molecular flexibility index (Phi) is 5.10. The molecule has 142 valence electrons. The van der Waals surface area contributed by atoms with Crippen molar-refractivity contribution < 1.29 is 18.9 Å². The molecule has 6 nitrogen and oxygen atoms in total. The maximum atomic E-state index is 5.93. The van der Waals surface area contributed by atoms with Crippen molar-refractivity contribution in [3.63, 3.8) is 0 Å². The average Bonchev–Trinajstić information content (AvgIpc) is 2.77. The van der Waals surface area contributed by atoms with E-state index in [2.05, 4.69) is 9.97 Å². The van der Waals surface area contributed by atoms with Gasteiger partial charge in [0.25, 0.3) is 11.8 Å². The van der Waals surface area contributed by atoms with Gasteiger partial charge < -0.3 is 18.9 Å². The zero-order valence-electron chi connectivity index (χ0n) is 15.7. The van der Waals surface area contributed by atoms with Gasteiger partial charge in [0.2, 0.25) is 0 Å². The number of hydrogen-bond donors (Lipinski definition) is 0. The molecule has 0 N–H and O–H groups in total. The SMILES string of the molecule is COc1ncc(C2=Cc3ccc(OCc4ccccc4)cc3OC2)nc1OC. The van der Waals surface area contributed by atoms with Crippen molar-refractivity contribution in [1.29, 1.82) is 0 Å². The van der Waals surface area contributed by atoms with E-state index in [1.54, 1.807) is 6.20 Å². The molecule has 0 atom stereocenters. The van der Waals surface area contributed by atoms with E-state index in [0.29, 0.717) is 30.7 Å². The van der Waals surface area contributed by atoms with Crippen molar-refractivity contribution in [2.75, 3.05) is 20.8 Å². The number of benzene rings is 2. The standard InChI is InChI=1S/C22H20N2O4/c1-25-21-22(26-2)24-19(12-23-21)17-10-16-8-9-18(11-20(16)28-14-17)27-13-15-6-4-3-5-7-15/h3-12H,13-14H2,1-2H3. The smallest absolute Gasteiger partial charge is 0.278 e. The molecule has 0 saturated heterocycles. The summed E-state index contributed by atoms with van der Waals surface area (Å²) in [6.07, 6.45) is 3.69. The number of nitrogens with zero attached hydrogens (tertiary/aromatic N) is 2. The van der Waals surface area contributed by atoms with E-state index in [1.165, 1.54) is 14.2 Å². The minimum atomic E-state index is 0.344. The van der Waals surface area contributed by atoms with E-state index in [0.717, 1.165) is 28.2 Å². The Morgan fingerprint density at radius 2 is 1.82 bits per heavy atom. The summed E-state index contributed by atoms with van der Waals surface area (Å²) in [5.41, 5.74) is 3.69. The molecule has 0 fully saturated rings. The number of methoxy groups -OCH3 is 2. The van der Waals surface area contributed by atoms with Gasteiger partial charge >= 0.3 is 0 Å². The second-order valence-corrected chi connectivity index (χ2v) is 6.21. The van der Waals surface area contributed by atoms with E-state index in [4.69, 9.17) is 18.9 Å². The Balaban J connectivity index is 1.53. The Morgan fingerprint density at radius 3 is 2.61 bits per heavy atom. The summed E-state index contributed by atoms with van der Waals surface area (Å²) in [7, 11) is 3.07. The Hall–Kier alpha value is -3.54. The van der Waals surface area contributed by atoms with Gasteiger partial charge in [0, 0.05) is 17.2 Å². The minimum Gasteiger partial charge on any atom is -0.489 e. The van der Waals surface area contributed by atoms with Gasteiger partial charge in [-0.15, -0.1) is 0 Å². The molecule has 0 bridgehead atoms. The van der Waals surface area contributed by atoms with Crippen LogP contribution in [0.2, 0.25) is 0 Å². The molecule has 28 heavy (non-hydrogen) atoms. The molecule has 4 rings (SSSR count). The average molecular weight is 376 g/mol. The number of fused-ring (bicyclic) bond motifs is 1. The number of ether oxygens (including phenoxy) is 4. The van der Waals surface area contributed by atoms with E-state index in [-0.39, 0.29) is 0 Å². The van der Waals surface area contributed by atoms with Crippen molar-refractivity contribution >= 4 is 11.6 Å². The molecule has 1 aromatic heterocycles. The molecule has 2 heterocycles. The molecule has 6 heteroatoms. The fourth-order valence-electron chi connectivity index (χ4n) is 2.91. The summed E-state index contributed by atoms with van der Waals surface area (Å²) < 4.78 is 22.2. The summed E-state index contributed by atoms with van der Waals surface area (Å²) in [4.78, 5) is 8.70. The van der Waals surface area contributed by atoms with Gasteiger partial charge in [-0.25, -0.2) is 9.97 Å². The van der Waals surface area contributed by atoms with E-state index in [1.807, 2.05) is 54.6 Å². The Morgan fingerprint density at radius 1 is 1.00 bits per heavy atom. The molecule has 1 aliphatic heterocycles. The van der Waals surface area contributed by atoms with Crippen LogP contribution in [0.4, 0.5) is 0 Å². The van der Waals surface area contributed by atoms with Crippen LogP contribution in [0.1, 0.15) is 16.8 Å². The molecule has 2 aromatic carbocycles. The molecule has 0 radical (unpaired) electrons. The fourth-order valence-corrected chi connectivity index (χ4v) is 2.91. The highest BCUT2D eigenvalue weighted by molar-refractivity contribution is 5.84. The zero-order chi connectivity index (χ0) is 19.3. The molecule has 1 aliphatic rings. The quantitative estimate of drug-likeness (QED) is 0.648. The second kappa shape index (κ2) is 8.00. The summed E-state index contributed by atoms with van der Waals surface area (Å²) >= 11 is 0. The Labute approximate surface area is 163 Å². The number of hydrogen-bond acceptors (Lipinski definition) is 6. The summed E-state index contributed by atoms with van der Waals surface area (Å²) in [6.45, 7) is 0.904. The van der Waals surface area contributed by atoms with Crippen LogP contribution in [0.3, 0.4) is 0 Å². The lowest BCUT2D eigenvalue weighted by Crippen LogP contribution is -2.09. The molecule has 0 spiro atoms.